The summed E-state index contributed by atoms with van der Waals surface area (Å²) in [6, 6.07) is 8.89. The maximum atomic E-state index is 2.50. The molecule has 1 saturated heterocycles. The van der Waals surface area contributed by atoms with Gasteiger partial charge in [0.05, 0.1) is 0 Å². The summed E-state index contributed by atoms with van der Waals surface area (Å²) in [5.74, 6) is 0.914. The molecule has 1 heteroatoms. The molecule has 1 heterocycles. The van der Waals surface area contributed by atoms with E-state index in [-0.39, 0.29) is 0 Å². The molecule has 1 aliphatic heterocycles. The van der Waals surface area contributed by atoms with Crippen LogP contribution in [0.3, 0.4) is 0 Å². The molecule has 1 fully saturated rings. The van der Waals surface area contributed by atoms with Gasteiger partial charge in [-0.15, -0.1) is 0 Å². The molecule has 0 atom stereocenters. The van der Waals surface area contributed by atoms with E-state index in [4.69, 9.17) is 0 Å². The number of nitrogens with zero attached hydrogens (tertiary/aromatic N) is 1. The topological polar surface area (TPSA) is 3.24 Å². The Balaban J connectivity index is 2.05. The number of aryl methyl sites for hydroxylation is 1. The summed E-state index contributed by atoms with van der Waals surface area (Å²) < 4.78 is 0. The van der Waals surface area contributed by atoms with Crippen molar-refractivity contribution < 1.29 is 0 Å². The van der Waals surface area contributed by atoms with Crippen LogP contribution in [0.4, 0.5) is 5.69 Å². The van der Waals surface area contributed by atoms with Crippen molar-refractivity contribution in [3.8, 4) is 0 Å². The second-order valence-electron chi connectivity index (χ2n) is 4.51. The Labute approximate surface area is 86.7 Å². The Morgan fingerprint density at radius 1 is 1.07 bits per heavy atom. The highest BCUT2D eigenvalue weighted by Gasteiger charge is 2.15. The predicted molar refractivity (Wildman–Crippen MR) is 61.8 cm³/mol. The molecule has 0 unspecified atom stereocenters. The fourth-order valence-corrected chi connectivity index (χ4v) is 2.02. The standard InChI is InChI=1S/C13H19N/c1-11-3-5-13(6-4-11)14-9-7-12(2)8-10-14/h3-6,12H,7-10H2,1-2H3. The van der Waals surface area contributed by atoms with Crippen LogP contribution >= 0.6 is 0 Å². The molecule has 0 amide bonds. The summed E-state index contributed by atoms with van der Waals surface area (Å²) in [5.41, 5.74) is 2.74. The third-order valence-corrected chi connectivity index (χ3v) is 3.18. The summed E-state index contributed by atoms with van der Waals surface area (Å²) >= 11 is 0. The van der Waals surface area contributed by atoms with Crippen LogP contribution in [0, 0.1) is 12.8 Å². The predicted octanol–water partition coefficient (Wildman–Crippen LogP) is 3.23. The van der Waals surface area contributed by atoms with Gasteiger partial charge in [0.15, 0.2) is 0 Å². The normalized spacial score (nSPS) is 18.6. The van der Waals surface area contributed by atoms with Gasteiger partial charge in [0.2, 0.25) is 0 Å². The molecule has 1 aromatic rings. The van der Waals surface area contributed by atoms with Crippen molar-refractivity contribution in [1.29, 1.82) is 0 Å². The first-order valence-electron chi connectivity index (χ1n) is 5.57. The number of rotatable bonds is 1. The van der Waals surface area contributed by atoms with E-state index in [1.165, 1.54) is 37.2 Å². The van der Waals surface area contributed by atoms with Crippen molar-refractivity contribution in [3.63, 3.8) is 0 Å². The summed E-state index contributed by atoms with van der Waals surface area (Å²) in [5, 5.41) is 0. The van der Waals surface area contributed by atoms with Crippen LogP contribution < -0.4 is 4.90 Å². The fourth-order valence-electron chi connectivity index (χ4n) is 2.02. The summed E-state index contributed by atoms with van der Waals surface area (Å²) in [4.78, 5) is 2.50. The summed E-state index contributed by atoms with van der Waals surface area (Å²) in [6.07, 6.45) is 2.68. The Hall–Kier alpha value is -0.980. The van der Waals surface area contributed by atoms with Crippen molar-refractivity contribution in [1.82, 2.24) is 0 Å². The van der Waals surface area contributed by atoms with Gasteiger partial charge in [0.1, 0.15) is 0 Å². The van der Waals surface area contributed by atoms with Gasteiger partial charge < -0.3 is 4.90 Å². The molecule has 1 aliphatic rings. The van der Waals surface area contributed by atoms with E-state index in [1.54, 1.807) is 0 Å². The molecule has 14 heavy (non-hydrogen) atoms. The SMILES string of the molecule is Cc1ccc(N2CCC(C)CC2)cc1. The van der Waals surface area contributed by atoms with E-state index in [1.807, 2.05) is 0 Å². The highest BCUT2D eigenvalue weighted by atomic mass is 15.1. The maximum Gasteiger partial charge on any atom is 0.0366 e. The maximum absolute atomic E-state index is 2.50. The number of hydrogen-bond acceptors (Lipinski definition) is 1. The number of hydrogen-bond donors (Lipinski definition) is 0. The van der Waals surface area contributed by atoms with E-state index in [9.17, 15) is 0 Å². The highest BCUT2D eigenvalue weighted by molar-refractivity contribution is 5.47. The molecular weight excluding hydrogens is 170 g/mol. The van der Waals surface area contributed by atoms with Gasteiger partial charge in [-0.3, -0.25) is 0 Å². The molecule has 0 spiro atoms. The van der Waals surface area contributed by atoms with Gasteiger partial charge in [-0.25, -0.2) is 0 Å². The van der Waals surface area contributed by atoms with Crippen LogP contribution in [0.2, 0.25) is 0 Å². The molecule has 1 aromatic carbocycles. The molecular formula is C13H19N. The van der Waals surface area contributed by atoms with Gasteiger partial charge in [-0.2, -0.15) is 0 Å². The van der Waals surface area contributed by atoms with Crippen LogP contribution in [0.25, 0.3) is 0 Å². The van der Waals surface area contributed by atoms with Crippen molar-refractivity contribution in [2.45, 2.75) is 26.7 Å². The molecule has 0 saturated carbocycles. The van der Waals surface area contributed by atoms with E-state index in [0.717, 1.165) is 5.92 Å². The Kier molecular flexibility index (Phi) is 2.76. The first kappa shape index (κ1) is 9.57. The first-order chi connectivity index (χ1) is 6.75. The minimum absolute atomic E-state index is 0.914. The molecule has 0 N–H and O–H groups in total. The van der Waals surface area contributed by atoms with E-state index in [2.05, 4.69) is 43.0 Å². The first-order valence-corrected chi connectivity index (χ1v) is 5.57. The summed E-state index contributed by atoms with van der Waals surface area (Å²) in [7, 11) is 0. The molecule has 2 rings (SSSR count). The van der Waals surface area contributed by atoms with Crippen LogP contribution in [0.5, 0.6) is 0 Å². The number of piperidine rings is 1. The van der Waals surface area contributed by atoms with Crippen LogP contribution in [0.1, 0.15) is 25.3 Å². The number of anilines is 1. The zero-order valence-corrected chi connectivity index (χ0v) is 9.16. The average molecular weight is 189 g/mol. The zero-order chi connectivity index (χ0) is 9.97. The van der Waals surface area contributed by atoms with E-state index < -0.39 is 0 Å². The smallest absolute Gasteiger partial charge is 0.0366 e. The molecule has 0 radical (unpaired) electrons. The third-order valence-electron chi connectivity index (χ3n) is 3.18. The quantitative estimate of drug-likeness (QED) is 0.655. The van der Waals surface area contributed by atoms with Crippen LogP contribution in [-0.2, 0) is 0 Å². The summed E-state index contributed by atoms with van der Waals surface area (Å²) in [6.45, 7) is 6.95. The number of benzene rings is 1. The van der Waals surface area contributed by atoms with Gasteiger partial charge in [0, 0.05) is 18.8 Å². The lowest BCUT2D eigenvalue weighted by Crippen LogP contribution is -2.32. The average Bonchev–Trinajstić information content (AvgIpc) is 2.21. The Morgan fingerprint density at radius 3 is 2.21 bits per heavy atom. The van der Waals surface area contributed by atoms with Crippen LogP contribution in [-0.4, -0.2) is 13.1 Å². The van der Waals surface area contributed by atoms with Crippen molar-refractivity contribution in [3.05, 3.63) is 29.8 Å². The Bertz CT molecular complexity index is 281. The fraction of sp³-hybridized carbons (Fsp3) is 0.538. The molecule has 1 nitrogen and oxygen atoms in total. The van der Waals surface area contributed by atoms with Gasteiger partial charge in [-0.1, -0.05) is 24.6 Å². The van der Waals surface area contributed by atoms with Crippen molar-refractivity contribution in [2.75, 3.05) is 18.0 Å². The minimum Gasteiger partial charge on any atom is -0.372 e. The van der Waals surface area contributed by atoms with Gasteiger partial charge >= 0.3 is 0 Å². The second-order valence-corrected chi connectivity index (χ2v) is 4.51. The zero-order valence-electron chi connectivity index (χ0n) is 9.16. The van der Waals surface area contributed by atoms with E-state index in [0.29, 0.717) is 0 Å². The lowest BCUT2D eigenvalue weighted by molar-refractivity contribution is 0.438. The molecule has 0 aliphatic carbocycles. The highest BCUT2D eigenvalue weighted by Crippen LogP contribution is 2.22. The largest absolute Gasteiger partial charge is 0.372 e. The van der Waals surface area contributed by atoms with Gasteiger partial charge in [0.25, 0.3) is 0 Å². The van der Waals surface area contributed by atoms with Crippen molar-refractivity contribution >= 4 is 5.69 Å². The second kappa shape index (κ2) is 4.04. The molecule has 0 bridgehead atoms. The Morgan fingerprint density at radius 2 is 1.64 bits per heavy atom. The minimum atomic E-state index is 0.914. The monoisotopic (exact) mass is 189 g/mol. The third kappa shape index (κ3) is 2.09. The van der Waals surface area contributed by atoms with Crippen LogP contribution in [0.15, 0.2) is 24.3 Å². The lowest BCUT2D eigenvalue weighted by atomic mass is 9.99. The van der Waals surface area contributed by atoms with Crippen molar-refractivity contribution in [2.24, 2.45) is 5.92 Å². The van der Waals surface area contributed by atoms with Gasteiger partial charge in [-0.05, 0) is 37.8 Å². The molecule has 76 valence electrons. The van der Waals surface area contributed by atoms with E-state index >= 15 is 0 Å². The lowest BCUT2D eigenvalue weighted by Gasteiger charge is -2.32. The molecule has 0 aromatic heterocycles.